The van der Waals surface area contributed by atoms with E-state index in [1.165, 1.54) is 12.7 Å². The van der Waals surface area contributed by atoms with Crippen molar-refractivity contribution in [2.24, 2.45) is 0 Å². The van der Waals surface area contributed by atoms with Crippen LogP contribution in [0.2, 0.25) is 0 Å². The second kappa shape index (κ2) is 10.3. The van der Waals surface area contributed by atoms with Crippen LogP contribution < -0.4 is 10.1 Å². The minimum Gasteiger partial charge on any atom is -0.479 e. The number of nitrogens with one attached hydrogen (secondary N) is 1. The highest BCUT2D eigenvalue weighted by molar-refractivity contribution is 5.93. The van der Waals surface area contributed by atoms with Gasteiger partial charge in [0.05, 0.1) is 19.6 Å². The highest BCUT2D eigenvalue weighted by atomic mass is 16.5. The molecule has 1 heterocycles. The summed E-state index contributed by atoms with van der Waals surface area (Å²) in [5.74, 6) is 0.419. The number of hydrogen-bond donors (Lipinski definition) is 1. The number of nitriles is 1. The van der Waals surface area contributed by atoms with Crippen LogP contribution in [0.1, 0.15) is 42.5 Å². The smallest absolute Gasteiger partial charge is 0.253 e. The first-order valence-electron chi connectivity index (χ1n) is 10.1. The van der Waals surface area contributed by atoms with Crippen LogP contribution in [0.5, 0.6) is 5.88 Å². The fourth-order valence-electron chi connectivity index (χ4n) is 3.42. The fraction of sp³-hybridized carbons (Fsp3) is 0.292. The molecule has 0 fully saturated rings. The van der Waals surface area contributed by atoms with Gasteiger partial charge in [0, 0.05) is 0 Å². The Bertz CT molecular complexity index is 1010. The number of methoxy groups -OCH3 is 1. The van der Waals surface area contributed by atoms with Gasteiger partial charge in [-0.3, -0.25) is 4.79 Å². The molecule has 0 spiro atoms. The molecule has 6 heteroatoms. The maximum Gasteiger partial charge on any atom is 0.253 e. The topological polar surface area (TPSA) is 79.9 Å². The second-order valence-corrected chi connectivity index (χ2v) is 7.23. The molecule has 2 aromatic carbocycles. The summed E-state index contributed by atoms with van der Waals surface area (Å²) < 4.78 is 6.98. The number of nitrogens with zero attached hydrogens (tertiary/aromatic N) is 3. The lowest BCUT2D eigenvalue weighted by Crippen LogP contribution is -2.20. The molecule has 0 bridgehead atoms. The summed E-state index contributed by atoms with van der Waals surface area (Å²) in [6, 6.07) is 21.9. The number of aromatic nitrogens is 2. The summed E-state index contributed by atoms with van der Waals surface area (Å²) in [7, 11) is 1.48. The lowest BCUT2D eigenvalue weighted by atomic mass is 10.1. The van der Waals surface area contributed by atoms with Crippen LogP contribution in [0, 0.1) is 11.3 Å². The van der Waals surface area contributed by atoms with Crippen molar-refractivity contribution in [3.63, 3.8) is 0 Å². The maximum atomic E-state index is 12.6. The molecule has 0 aliphatic heterocycles. The molecular formula is C24H26N4O2. The van der Waals surface area contributed by atoms with E-state index in [1.54, 1.807) is 4.68 Å². The lowest BCUT2D eigenvalue weighted by molar-refractivity contribution is -0.115. The summed E-state index contributed by atoms with van der Waals surface area (Å²) in [6.07, 6.45) is 3.00. The molecule has 1 aromatic heterocycles. The van der Waals surface area contributed by atoms with Crippen molar-refractivity contribution in [3.8, 4) is 11.9 Å². The molecule has 0 aliphatic carbocycles. The Balaban J connectivity index is 1.73. The lowest BCUT2D eigenvalue weighted by Gasteiger charge is -2.16. The summed E-state index contributed by atoms with van der Waals surface area (Å²) in [5.41, 5.74) is 2.44. The van der Waals surface area contributed by atoms with Gasteiger partial charge in [0.2, 0.25) is 5.91 Å². The standard InChI is InChI=1S/C24H26N4O2/c1-18(10-9-15-19-11-5-3-6-12-19)28-23(21(17-25)24(27-28)30-2)26-22(29)16-20-13-7-4-8-14-20/h3-8,11-14,18H,9-10,15-16H2,1-2H3,(H,26,29). The van der Waals surface area contributed by atoms with Crippen molar-refractivity contribution >= 4 is 11.7 Å². The van der Waals surface area contributed by atoms with Crippen LogP contribution in [0.4, 0.5) is 5.82 Å². The average molecular weight is 402 g/mol. The van der Waals surface area contributed by atoms with Crippen molar-refractivity contribution < 1.29 is 9.53 Å². The number of hydrogen-bond acceptors (Lipinski definition) is 4. The van der Waals surface area contributed by atoms with E-state index in [0.29, 0.717) is 5.82 Å². The van der Waals surface area contributed by atoms with Crippen molar-refractivity contribution in [1.82, 2.24) is 9.78 Å². The van der Waals surface area contributed by atoms with Crippen LogP contribution in [0.3, 0.4) is 0 Å². The Hall–Kier alpha value is -3.59. The van der Waals surface area contributed by atoms with Crippen molar-refractivity contribution in [1.29, 1.82) is 5.26 Å². The van der Waals surface area contributed by atoms with Gasteiger partial charge in [-0.15, -0.1) is 5.10 Å². The molecular weight excluding hydrogens is 376 g/mol. The van der Waals surface area contributed by atoms with Gasteiger partial charge in [-0.2, -0.15) is 5.26 Å². The number of anilines is 1. The maximum absolute atomic E-state index is 12.6. The van der Waals surface area contributed by atoms with Crippen LogP contribution in [-0.4, -0.2) is 22.8 Å². The minimum atomic E-state index is -0.196. The predicted octanol–water partition coefficient (Wildman–Crippen LogP) is 4.53. The molecule has 0 saturated carbocycles. The summed E-state index contributed by atoms with van der Waals surface area (Å²) >= 11 is 0. The van der Waals surface area contributed by atoms with E-state index in [-0.39, 0.29) is 29.8 Å². The number of rotatable bonds is 9. The van der Waals surface area contributed by atoms with Gasteiger partial charge in [-0.05, 0) is 37.3 Å². The molecule has 1 amide bonds. The molecule has 1 N–H and O–H groups in total. The van der Waals surface area contributed by atoms with Gasteiger partial charge in [0.25, 0.3) is 5.88 Å². The van der Waals surface area contributed by atoms with Gasteiger partial charge in [-0.1, -0.05) is 60.7 Å². The zero-order valence-electron chi connectivity index (χ0n) is 17.3. The number of benzene rings is 2. The van der Waals surface area contributed by atoms with Crippen LogP contribution in [0.15, 0.2) is 60.7 Å². The van der Waals surface area contributed by atoms with E-state index in [1.807, 2.05) is 55.5 Å². The Kier molecular flexibility index (Phi) is 7.23. The Morgan fingerprint density at radius 1 is 1.13 bits per heavy atom. The van der Waals surface area contributed by atoms with Crippen molar-refractivity contribution in [3.05, 3.63) is 77.4 Å². The first-order chi connectivity index (χ1) is 14.6. The second-order valence-electron chi connectivity index (χ2n) is 7.23. The van der Waals surface area contributed by atoms with Gasteiger partial charge in [0.15, 0.2) is 11.4 Å². The Labute approximate surface area is 177 Å². The number of carbonyl (C=O) groups excluding carboxylic acids is 1. The monoisotopic (exact) mass is 402 g/mol. The largest absolute Gasteiger partial charge is 0.479 e. The number of aryl methyl sites for hydroxylation is 1. The summed E-state index contributed by atoms with van der Waals surface area (Å²) in [6.45, 7) is 2.03. The van der Waals surface area contributed by atoms with E-state index in [2.05, 4.69) is 28.6 Å². The SMILES string of the molecule is COc1nn(C(C)CCCc2ccccc2)c(NC(=O)Cc2ccccc2)c1C#N. The average Bonchev–Trinajstić information content (AvgIpc) is 3.12. The number of carbonyl (C=O) groups is 1. The van der Waals surface area contributed by atoms with Gasteiger partial charge in [-0.25, -0.2) is 4.68 Å². The van der Waals surface area contributed by atoms with Gasteiger partial charge >= 0.3 is 0 Å². The summed E-state index contributed by atoms with van der Waals surface area (Å²) in [4.78, 5) is 12.6. The van der Waals surface area contributed by atoms with E-state index >= 15 is 0 Å². The predicted molar refractivity (Wildman–Crippen MR) is 116 cm³/mol. The highest BCUT2D eigenvalue weighted by Crippen LogP contribution is 2.30. The van der Waals surface area contributed by atoms with E-state index < -0.39 is 0 Å². The molecule has 0 radical (unpaired) electrons. The van der Waals surface area contributed by atoms with E-state index in [0.717, 1.165) is 24.8 Å². The normalized spacial score (nSPS) is 11.5. The Morgan fingerprint density at radius 2 is 1.77 bits per heavy atom. The van der Waals surface area contributed by atoms with Crippen LogP contribution in [-0.2, 0) is 17.6 Å². The molecule has 154 valence electrons. The fourth-order valence-corrected chi connectivity index (χ4v) is 3.42. The summed E-state index contributed by atoms with van der Waals surface area (Å²) in [5, 5.41) is 16.9. The highest BCUT2D eigenvalue weighted by Gasteiger charge is 2.23. The third-order valence-electron chi connectivity index (χ3n) is 5.00. The minimum absolute atomic E-state index is 0.00302. The van der Waals surface area contributed by atoms with Gasteiger partial charge in [0.1, 0.15) is 6.07 Å². The third-order valence-corrected chi connectivity index (χ3v) is 5.00. The first kappa shape index (κ1) is 21.1. The van der Waals surface area contributed by atoms with Crippen molar-refractivity contribution in [2.45, 2.75) is 38.6 Å². The zero-order chi connectivity index (χ0) is 21.3. The molecule has 1 atom stereocenters. The molecule has 3 aromatic rings. The van der Waals surface area contributed by atoms with Crippen LogP contribution >= 0.6 is 0 Å². The molecule has 0 aliphatic rings. The molecule has 3 rings (SSSR count). The molecule has 1 unspecified atom stereocenters. The molecule has 30 heavy (non-hydrogen) atoms. The van der Waals surface area contributed by atoms with E-state index in [4.69, 9.17) is 4.74 Å². The zero-order valence-corrected chi connectivity index (χ0v) is 17.3. The van der Waals surface area contributed by atoms with Crippen molar-refractivity contribution in [2.75, 3.05) is 12.4 Å². The Morgan fingerprint density at radius 3 is 2.37 bits per heavy atom. The molecule has 0 saturated heterocycles. The third kappa shape index (κ3) is 5.26. The first-order valence-corrected chi connectivity index (χ1v) is 10.1. The van der Waals surface area contributed by atoms with Gasteiger partial charge < -0.3 is 10.1 Å². The van der Waals surface area contributed by atoms with E-state index in [9.17, 15) is 10.1 Å². The number of amides is 1. The quantitative estimate of drug-likeness (QED) is 0.570. The van der Waals surface area contributed by atoms with Crippen LogP contribution in [0.25, 0.3) is 0 Å². The molecule has 6 nitrogen and oxygen atoms in total. The number of ether oxygens (including phenoxy) is 1.